The number of fused-ring (bicyclic) bond motifs is 2. The van der Waals surface area contributed by atoms with Crippen LogP contribution in [-0.4, -0.2) is 52.2 Å². The third-order valence-corrected chi connectivity index (χ3v) is 9.07. The first-order chi connectivity index (χ1) is 18.5. The van der Waals surface area contributed by atoms with Gasteiger partial charge in [0.25, 0.3) is 0 Å². The molecule has 0 radical (unpaired) electrons. The molecule has 0 unspecified atom stereocenters. The van der Waals surface area contributed by atoms with Crippen LogP contribution in [0, 0.1) is 5.41 Å². The Labute approximate surface area is 238 Å². The smallest absolute Gasteiger partial charge is 0.326 e. The number of amides is 2. The molecule has 1 saturated heterocycles. The number of benzene rings is 3. The fourth-order valence-corrected chi connectivity index (χ4v) is 7.34. The Morgan fingerprint density at radius 3 is 2.54 bits per heavy atom. The second-order valence-corrected chi connectivity index (χ2v) is 13.3. The van der Waals surface area contributed by atoms with Gasteiger partial charge in [-0.2, -0.15) is 0 Å². The normalized spacial score (nSPS) is 21.6. The summed E-state index contributed by atoms with van der Waals surface area (Å²) < 4.78 is 0. The maximum atomic E-state index is 14.3. The van der Waals surface area contributed by atoms with Gasteiger partial charge >= 0.3 is 5.97 Å². The lowest BCUT2D eigenvalue weighted by Gasteiger charge is -2.32. The highest BCUT2D eigenvalue weighted by Crippen LogP contribution is 2.49. The summed E-state index contributed by atoms with van der Waals surface area (Å²) in [5.74, 6) is -1.42. The van der Waals surface area contributed by atoms with E-state index in [1.54, 1.807) is 11.0 Å². The van der Waals surface area contributed by atoms with Crippen molar-refractivity contribution in [3.8, 4) is 0 Å². The Balaban J connectivity index is 1.63. The van der Waals surface area contributed by atoms with Gasteiger partial charge in [0.2, 0.25) is 11.8 Å². The Bertz CT molecular complexity index is 1430. The number of nitrogens with zero attached hydrogens (tertiary/aromatic N) is 2. The van der Waals surface area contributed by atoms with Crippen molar-refractivity contribution in [3.63, 3.8) is 0 Å². The van der Waals surface area contributed by atoms with Crippen LogP contribution < -0.4 is 4.90 Å². The van der Waals surface area contributed by atoms with E-state index >= 15 is 0 Å². The van der Waals surface area contributed by atoms with Crippen molar-refractivity contribution >= 4 is 57.6 Å². The minimum absolute atomic E-state index is 0.0586. The van der Waals surface area contributed by atoms with Crippen LogP contribution in [0.2, 0.25) is 5.02 Å². The van der Waals surface area contributed by atoms with Crippen molar-refractivity contribution in [1.29, 1.82) is 0 Å². The summed E-state index contributed by atoms with van der Waals surface area (Å²) in [5.41, 5.74) is 2.58. The number of thioether (sulfide) groups is 1. The van der Waals surface area contributed by atoms with Crippen LogP contribution in [0.15, 0.2) is 60.7 Å². The van der Waals surface area contributed by atoms with E-state index in [1.807, 2.05) is 30.3 Å². The number of aliphatic carboxylic acids is 1. The second kappa shape index (κ2) is 10.9. The summed E-state index contributed by atoms with van der Waals surface area (Å²) in [5, 5.41) is 11.5. The van der Waals surface area contributed by atoms with Gasteiger partial charge in [-0.3, -0.25) is 9.59 Å². The minimum atomic E-state index is -0.995. The standard InChI is InChI=1S/C31H33ClN2O4S/c1-31(2,3)18-34-24-14-13-20(32)16-23(24)28(22-11-6-9-19-8-4-5-10-21(19)22)39-26(29(34)36)17-27(35)33-15-7-12-25(33)30(37)38/h4-6,8-11,13-14,16,25-26,28H,7,12,15,17-18H2,1-3H3,(H,37,38)/t25-,26+,28+/m1/s1. The molecule has 0 aliphatic carbocycles. The molecule has 6 nitrogen and oxygen atoms in total. The Kier molecular flexibility index (Phi) is 7.66. The predicted molar refractivity (Wildman–Crippen MR) is 157 cm³/mol. The molecule has 3 aromatic carbocycles. The van der Waals surface area contributed by atoms with Gasteiger partial charge in [0.05, 0.1) is 10.5 Å². The average molecular weight is 565 g/mol. The summed E-state index contributed by atoms with van der Waals surface area (Å²) in [4.78, 5) is 42.8. The lowest BCUT2D eigenvalue weighted by Crippen LogP contribution is -2.45. The number of carbonyl (C=O) groups is 3. The molecule has 5 rings (SSSR count). The highest BCUT2D eigenvalue weighted by atomic mass is 35.5. The van der Waals surface area contributed by atoms with Gasteiger partial charge in [0, 0.05) is 30.2 Å². The van der Waals surface area contributed by atoms with Gasteiger partial charge < -0.3 is 14.9 Å². The van der Waals surface area contributed by atoms with Crippen LogP contribution >= 0.6 is 23.4 Å². The molecule has 2 amide bonds. The van der Waals surface area contributed by atoms with Crippen LogP contribution in [0.4, 0.5) is 5.69 Å². The van der Waals surface area contributed by atoms with Crippen molar-refractivity contribution in [2.45, 2.75) is 56.6 Å². The van der Waals surface area contributed by atoms with Crippen molar-refractivity contribution in [2.24, 2.45) is 5.41 Å². The van der Waals surface area contributed by atoms with E-state index in [4.69, 9.17) is 11.6 Å². The molecule has 2 aliphatic heterocycles. The first-order valence-corrected chi connectivity index (χ1v) is 14.6. The number of carboxylic acid groups (broad SMARTS) is 1. The third-order valence-electron chi connectivity index (χ3n) is 7.36. The SMILES string of the molecule is CC(C)(C)CN1C(=O)[C@H](CC(=O)N2CCC[C@@H]2C(=O)O)S[C@@H](c2cccc3ccccc23)c2cc(Cl)ccc21. The van der Waals surface area contributed by atoms with E-state index in [0.29, 0.717) is 31.0 Å². The molecule has 3 atom stereocenters. The summed E-state index contributed by atoms with van der Waals surface area (Å²) >= 11 is 8.00. The van der Waals surface area contributed by atoms with E-state index in [9.17, 15) is 19.5 Å². The highest BCUT2D eigenvalue weighted by molar-refractivity contribution is 8.01. The number of carbonyl (C=O) groups excluding carboxylic acids is 2. The van der Waals surface area contributed by atoms with Crippen LogP contribution in [0.1, 0.15) is 56.4 Å². The van der Waals surface area contributed by atoms with Crippen LogP contribution in [0.3, 0.4) is 0 Å². The molecule has 2 heterocycles. The molecular weight excluding hydrogens is 532 g/mol. The molecule has 2 aliphatic rings. The predicted octanol–water partition coefficient (Wildman–Crippen LogP) is 6.54. The Hall–Kier alpha value is -3.03. The van der Waals surface area contributed by atoms with E-state index in [2.05, 4.69) is 45.0 Å². The number of rotatable bonds is 5. The Morgan fingerprint density at radius 1 is 1.05 bits per heavy atom. The summed E-state index contributed by atoms with van der Waals surface area (Å²) in [6.07, 6.45) is 1.02. The molecule has 0 aromatic heterocycles. The van der Waals surface area contributed by atoms with E-state index < -0.39 is 17.3 Å². The fourth-order valence-electron chi connectivity index (χ4n) is 5.66. The summed E-state index contributed by atoms with van der Waals surface area (Å²) in [6.45, 7) is 7.11. The number of anilines is 1. The second-order valence-electron chi connectivity index (χ2n) is 11.5. The lowest BCUT2D eigenvalue weighted by molar-refractivity contribution is -0.148. The number of likely N-dealkylation sites (tertiary alicyclic amines) is 1. The largest absolute Gasteiger partial charge is 0.480 e. The van der Waals surface area contributed by atoms with E-state index in [0.717, 1.165) is 27.6 Å². The van der Waals surface area contributed by atoms with E-state index in [1.165, 1.54) is 16.7 Å². The molecule has 1 N–H and O–H groups in total. The molecule has 39 heavy (non-hydrogen) atoms. The molecule has 0 bridgehead atoms. The first-order valence-electron chi connectivity index (χ1n) is 13.3. The molecule has 3 aromatic rings. The molecule has 204 valence electrons. The van der Waals surface area contributed by atoms with Crippen molar-refractivity contribution in [2.75, 3.05) is 18.0 Å². The zero-order chi connectivity index (χ0) is 27.9. The summed E-state index contributed by atoms with van der Waals surface area (Å²) in [7, 11) is 0. The summed E-state index contributed by atoms with van der Waals surface area (Å²) in [6, 6.07) is 19.1. The number of halogens is 1. The number of carboxylic acids is 1. The van der Waals surface area contributed by atoms with Gasteiger partial charge in [-0.1, -0.05) is 74.8 Å². The zero-order valence-corrected chi connectivity index (χ0v) is 24.0. The van der Waals surface area contributed by atoms with E-state index in [-0.39, 0.29) is 28.9 Å². The number of hydrogen-bond acceptors (Lipinski definition) is 4. The van der Waals surface area contributed by atoms with Crippen LogP contribution in [0.5, 0.6) is 0 Å². The quantitative estimate of drug-likeness (QED) is 0.380. The monoisotopic (exact) mass is 564 g/mol. The lowest BCUT2D eigenvalue weighted by atomic mass is 9.93. The van der Waals surface area contributed by atoms with Gasteiger partial charge in [0.15, 0.2) is 0 Å². The zero-order valence-electron chi connectivity index (χ0n) is 22.4. The van der Waals surface area contributed by atoms with Gasteiger partial charge in [-0.25, -0.2) is 4.79 Å². The topological polar surface area (TPSA) is 77.9 Å². The maximum absolute atomic E-state index is 14.3. The first kappa shape index (κ1) is 27.5. The third kappa shape index (κ3) is 5.66. The van der Waals surface area contributed by atoms with Crippen molar-refractivity contribution in [3.05, 3.63) is 76.8 Å². The minimum Gasteiger partial charge on any atom is -0.480 e. The van der Waals surface area contributed by atoms with Gasteiger partial charge in [0.1, 0.15) is 6.04 Å². The molecule has 8 heteroatoms. The van der Waals surface area contributed by atoms with Gasteiger partial charge in [-0.15, -0.1) is 11.8 Å². The Morgan fingerprint density at radius 2 is 1.79 bits per heavy atom. The molecular formula is C31H33ClN2O4S. The fraction of sp³-hybridized carbons (Fsp3) is 0.387. The van der Waals surface area contributed by atoms with Crippen molar-refractivity contribution < 1.29 is 19.5 Å². The average Bonchev–Trinajstić information content (AvgIpc) is 3.36. The highest BCUT2D eigenvalue weighted by Gasteiger charge is 2.41. The molecule has 1 fully saturated rings. The molecule has 0 saturated carbocycles. The van der Waals surface area contributed by atoms with Gasteiger partial charge in [-0.05, 0) is 58.4 Å². The number of hydrogen-bond donors (Lipinski definition) is 1. The maximum Gasteiger partial charge on any atom is 0.326 e. The molecule has 0 spiro atoms. The van der Waals surface area contributed by atoms with Crippen LogP contribution in [-0.2, 0) is 14.4 Å². The van der Waals surface area contributed by atoms with Crippen LogP contribution in [0.25, 0.3) is 10.8 Å². The van der Waals surface area contributed by atoms with Crippen molar-refractivity contribution in [1.82, 2.24) is 4.90 Å².